The molecule has 2 rings (SSSR count). The molecule has 20 heavy (non-hydrogen) atoms. The fourth-order valence-electron chi connectivity index (χ4n) is 2.52. The minimum Gasteiger partial charge on any atom is -0.337 e. The highest BCUT2D eigenvalue weighted by Crippen LogP contribution is 2.23. The van der Waals surface area contributed by atoms with E-state index in [1.54, 1.807) is 0 Å². The van der Waals surface area contributed by atoms with E-state index in [0.717, 1.165) is 31.8 Å². The van der Waals surface area contributed by atoms with Crippen LogP contribution >= 0.6 is 11.3 Å². The largest absolute Gasteiger partial charge is 0.337 e. The molecule has 0 spiro atoms. The third kappa shape index (κ3) is 4.32. The second-order valence-corrected chi connectivity index (χ2v) is 7.19. The van der Waals surface area contributed by atoms with Gasteiger partial charge in [0.25, 0.3) is 0 Å². The monoisotopic (exact) mass is 294 g/mol. The number of rotatable bonds is 6. The predicted octanol–water partition coefficient (Wildman–Crippen LogP) is 3.05. The Labute approximate surface area is 126 Å². The van der Waals surface area contributed by atoms with E-state index in [4.69, 9.17) is 0 Å². The molecule has 0 radical (unpaired) electrons. The lowest BCUT2D eigenvalue weighted by molar-refractivity contribution is -0.131. The SMILES string of the molecule is CC(C)CCC(C)NCC(=O)N1CCc2sccc2C1. The Kier molecular flexibility index (Phi) is 5.61. The molecule has 112 valence electrons. The molecule has 3 nitrogen and oxygen atoms in total. The minimum atomic E-state index is 0.234. The average Bonchev–Trinajstić information content (AvgIpc) is 2.89. The molecule has 1 aliphatic rings. The summed E-state index contributed by atoms with van der Waals surface area (Å²) in [6.45, 7) is 8.78. The molecule has 0 aliphatic carbocycles. The molecule has 0 saturated heterocycles. The van der Waals surface area contributed by atoms with Crippen molar-refractivity contribution in [2.45, 2.75) is 52.6 Å². The maximum atomic E-state index is 12.2. The van der Waals surface area contributed by atoms with Crippen LogP contribution in [0.5, 0.6) is 0 Å². The molecule has 4 heteroatoms. The molecule has 1 unspecified atom stereocenters. The Hall–Kier alpha value is -0.870. The molecular formula is C16H26N2OS. The van der Waals surface area contributed by atoms with Gasteiger partial charge in [0, 0.05) is 24.0 Å². The average molecular weight is 294 g/mol. The van der Waals surface area contributed by atoms with Crippen LogP contribution in [-0.4, -0.2) is 29.9 Å². The first-order valence-electron chi connectivity index (χ1n) is 7.62. The first-order valence-corrected chi connectivity index (χ1v) is 8.50. The zero-order chi connectivity index (χ0) is 14.5. The zero-order valence-corrected chi connectivity index (χ0v) is 13.6. The second-order valence-electron chi connectivity index (χ2n) is 6.19. The number of carbonyl (C=O) groups excluding carboxylic acids is 1. The van der Waals surface area contributed by atoms with Crippen LogP contribution < -0.4 is 5.32 Å². The van der Waals surface area contributed by atoms with Crippen molar-refractivity contribution in [2.24, 2.45) is 5.92 Å². The highest BCUT2D eigenvalue weighted by atomic mass is 32.1. The molecule has 0 aromatic carbocycles. The minimum absolute atomic E-state index is 0.234. The van der Waals surface area contributed by atoms with Gasteiger partial charge in [-0.15, -0.1) is 11.3 Å². The summed E-state index contributed by atoms with van der Waals surface area (Å²) in [7, 11) is 0. The standard InChI is InChI=1S/C16H26N2OS/c1-12(2)4-5-13(3)17-10-16(19)18-8-6-15-14(11-18)7-9-20-15/h7,9,12-13,17H,4-6,8,10-11H2,1-3H3. The van der Waals surface area contributed by atoms with Crippen molar-refractivity contribution < 1.29 is 4.79 Å². The fraction of sp³-hybridized carbons (Fsp3) is 0.688. The van der Waals surface area contributed by atoms with E-state index < -0.39 is 0 Å². The maximum absolute atomic E-state index is 12.2. The highest BCUT2D eigenvalue weighted by Gasteiger charge is 2.21. The van der Waals surface area contributed by atoms with Crippen molar-refractivity contribution in [3.63, 3.8) is 0 Å². The normalized spacial score (nSPS) is 16.3. The predicted molar refractivity (Wildman–Crippen MR) is 85.0 cm³/mol. The van der Waals surface area contributed by atoms with Crippen LogP contribution in [0, 0.1) is 5.92 Å². The van der Waals surface area contributed by atoms with Crippen molar-refractivity contribution in [2.75, 3.05) is 13.1 Å². The number of amides is 1. The van der Waals surface area contributed by atoms with E-state index >= 15 is 0 Å². The van der Waals surface area contributed by atoms with Gasteiger partial charge in [-0.3, -0.25) is 4.79 Å². The van der Waals surface area contributed by atoms with Gasteiger partial charge in [-0.05, 0) is 49.1 Å². The Bertz CT molecular complexity index is 441. The van der Waals surface area contributed by atoms with Gasteiger partial charge in [-0.2, -0.15) is 0 Å². The van der Waals surface area contributed by atoms with Crippen LogP contribution in [-0.2, 0) is 17.8 Å². The summed E-state index contributed by atoms with van der Waals surface area (Å²) in [6.07, 6.45) is 3.37. The van der Waals surface area contributed by atoms with E-state index in [2.05, 4.69) is 37.5 Å². The summed E-state index contributed by atoms with van der Waals surface area (Å²) in [6, 6.07) is 2.57. The lowest BCUT2D eigenvalue weighted by Gasteiger charge is -2.27. The molecular weight excluding hydrogens is 268 g/mol. The summed E-state index contributed by atoms with van der Waals surface area (Å²) in [5.41, 5.74) is 1.34. The fourth-order valence-corrected chi connectivity index (χ4v) is 3.41. The number of fused-ring (bicyclic) bond motifs is 1. The summed E-state index contributed by atoms with van der Waals surface area (Å²) < 4.78 is 0. The third-order valence-electron chi connectivity index (χ3n) is 3.94. The second kappa shape index (κ2) is 7.23. The molecule has 1 atom stereocenters. The highest BCUT2D eigenvalue weighted by molar-refractivity contribution is 7.10. The molecule has 1 aliphatic heterocycles. The number of thiophene rings is 1. The topological polar surface area (TPSA) is 32.3 Å². The molecule has 1 N–H and O–H groups in total. The van der Waals surface area contributed by atoms with Crippen LogP contribution in [0.2, 0.25) is 0 Å². The van der Waals surface area contributed by atoms with Crippen LogP contribution in [0.1, 0.15) is 44.1 Å². The Morgan fingerprint density at radius 3 is 2.95 bits per heavy atom. The Morgan fingerprint density at radius 2 is 2.20 bits per heavy atom. The maximum Gasteiger partial charge on any atom is 0.236 e. The van der Waals surface area contributed by atoms with Gasteiger partial charge < -0.3 is 10.2 Å². The summed E-state index contributed by atoms with van der Waals surface area (Å²) >= 11 is 1.81. The molecule has 1 aromatic heterocycles. The smallest absolute Gasteiger partial charge is 0.236 e. The number of nitrogens with zero attached hydrogens (tertiary/aromatic N) is 1. The lowest BCUT2D eigenvalue weighted by Crippen LogP contribution is -2.42. The van der Waals surface area contributed by atoms with Gasteiger partial charge in [0.1, 0.15) is 0 Å². The molecule has 2 heterocycles. The molecule has 0 bridgehead atoms. The summed E-state index contributed by atoms with van der Waals surface area (Å²) in [5, 5.41) is 5.49. The number of nitrogens with one attached hydrogen (secondary N) is 1. The van der Waals surface area contributed by atoms with Crippen molar-refractivity contribution in [1.29, 1.82) is 0 Å². The van der Waals surface area contributed by atoms with Crippen LogP contribution in [0.15, 0.2) is 11.4 Å². The third-order valence-corrected chi connectivity index (χ3v) is 4.96. The lowest BCUT2D eigenvalue weighted by atomic mass is 10.0. The number of hydrogen-bond acceptors (Lipinski definition) is 3. The quantitative estimate of drug-likeness (QED) is 0.874. The molecule has 1 aromatic rings. The first-order chi connectivity index (χ1) is 9.56. The number of carbonyl (C=O) groups is 1. The van der Waals surface area contributed by atoms with E-state index in [1.165, 1.54) is 16.9 Å². The van der Waals surface area contributed by atoms with Crippen LogP contribution in [0.4, 0.5) is 0 Å². The van der Waals surface area contributed by atoms with Gasteiger partial charge in [0.15, 0.2) is 0 Å². The summed E-state index contributed by atoms with van der Waals surface area (Å²) in [5.74, 6) is 0.965. The van der Waals surface area contributed by atoms with Crippen molar-refractivity contribution in [3.8, 4) is 0 Å². The van der Waals surface area contributed by atoms with E-state index in [1.807, 2.05) is 16.2 Å². The van der Waals surface area contributed by atoms with Gasteiger partial charge in [-0.25, -0.2) is 0 Å². The van der Waals surface area contributed by atoms with E-state index in [-0.39, 0.29) is 5.91 Å². The van der Waals surface area contributed by atoms with Crippen molar-refractivity contribution >= 4 is 17.2 Å². The van der Waals surface area contributed by atoms with Crippen molar-refractivity contribution in [3.05, 3.63) is 21.9 Å². The van der Waals surface area contributed by atoms with E-state index in [0.29, 0.717) is 12.6 Å². The zero-order valence-electron chi connectivity index (χ0n) is 12.8. The molecule has 0 saturated carbocycles. The van der Waals surface area contributed by atoms with Crippen molar-refractivity contribution in [1.82, 2.24) is 10.2 Å². The molecule has 1 amide bonds. The Balaban J connectivity index is 1.73. The molecule has 0 fully saturated rings. The van der Waals surface area contributed by atoms with Gasteiger partial charge >= 0.3 is 0 Å². The summed E-state index contributed by atoms with van der Waals surface area (Å²) in [4.78, 5) is 15.7. The van der Waals surface area contributed by atoms with Gasteiger partial charge in [-0.1, -0.05) is 13.8 Å². The Morgan fingerprint density at radius 1 is 1.40 bits per heavy atom. The number of hydrogen-bond donors (Lipinski definition) is 1. The van der Waals surface area contributed by atoms with Gasteiger partial charge in [0.2, 0.25) is 5.91 Å². The van der Waals surface area contributed by atoms with Crippen LogP contribution in [0.25, 0.3) is 0 Å². The first kappa shape index (κ1) is 15.5. The van der Waals surface area contributed by atoms with E-state index in [9.17, 15) is 4.79 Å². The van der Waals surface area contributed by atoms with Gasteiger partial charge in [0.05, 0.1) is 6.54 Å². The van der Waals surface area contributed by atoms with Crippen LogP contribution in [0.3, 0.4) is 0 Å².